The molecule has 2 aromatic rings. The molecule has 0 unspecified atom stereocenters. The lowest BCUT2D eigenvalue weighted by Crippen LogP contribution is -2.35. The molecule has 126 valence electrons. The molecule has 3 nitrogen and oxygen atoms in total. The van der Waals surface area contributed by atoms with Gasteiger partial charge in [0, 0.05) is 29.2 Å². The monoisotopic (exact) mass is 346 g/mol. The molecule has 0 heterocycles. The number of amides is 1. The van der Waals surface area contributed by atoms with Crippen molar-refractivity contribution in [1.82, 2.24) is 10.6 Å². The second-order valence-corrected chi connectivity index (χ2v) is 6.64. The van der Waals surface area contributed by atoms with Crippen LogP contribution in [0.1, 0.15) is 35.2 Å². The van der Waals surface area contributed by atoms with E-state index in [0.29, 0.717) is 6.04 Å². The van der Waals surface area contributed by atoms with Crippen LogP contribution in [0, 0.1) is 5.82 Å². The Kier molecular flexibility index (Phi) is 5.48. The summed E-state index contributed by atoms with van der Waals surface area (Å²) in [5, 5.41) is 6.73. The molecule has 0 bridgehead atoms. The Morgan fingerprint density at radius 2 is 1.88 bits per heavy atom. The van der Waals surface area contributed by atoms with Crippen molar-refractivity contribution in [3.8, 4) is 0 Å². The van der Waals surface area contributed by atoms with Crippen molar-refractivity contribution in [2.75, 3.05) is 0 Å². The molecular weight excluding hydrogens is 327 g/mol. The Morgan fingerprint density at radius 1 is 1.12 bits per heavy atom. The fraction of sp³-hybridized carbons (Fsp3) is 0.316. The van der Waals surface area contributed by atoms with E-state index in [1.807, 2.05) is 18.2 Å². The van der Waals surface area contributed by atoms with E-state index >= 15 is 0 Å². The maximum atomic E-state index is 13.4. The summed E-state index contributed by atoms with van der Waals surface area (Å²) >= 11 is 5.80. The van der Waals surface area contributed by atoms with Crippen LogP contribution in [0.2, 0.25) is 5.02 Å². The molecule has 1 saturated carbocycles. The van der Waals surface area contributed by atoms with Gasteiger partial charge in [0.15, 0.2) is 0 Å². The third kappa shape index (κ3) is 4.56. The van der Waals surface area contributed by atoms with E-state index < -0.39 is 5.82 Å². The first-order valence-corrected chi connectivity index (χ1v) is 8.52. The Balaban J connectivity index is 1.49. The third-order valence-electron chi connectivity index (χ3n) is 4.33. The van der Waals surface area contributed by atoms with E-state index in [4.69, 9.17) is 11.6 Å². The molecule has 5 heteroatoms. The topological polar surface area (TPSA) is 41.1 Å². The van der Waals surface area contributed by atoms with Gasteiger partial charge in [0.25, 0.3) is 5.91 Å². The first-order valence-electron chi connectivity index (χ1n) is 8.14. The van der Waals surface area contributed by atoms with Gasteiger partial charge in [-0.05, 0) is 43.0 Å². The van der Waals surface area contributed by atoms with E-state index in [9.17, 15) is 9.18 Å². The Morgan fingerprint density at radius 3 is 2.62 bits per heavy atom. The molecule has 0 radical (unpaired) electrons. The zero-order chi connectivity index (χ0) is 16.9. The second-order valence-electron chi connectivity index (χ2n) is 6.20. The Bertz CT molecular complexity index is 688. The van der Waals surface area contributed by atoms with Crippen LogP contribution >= 0.6 is 11.6 Å². The van der Waals surface area contributed by atoms with E-state index in [1.54, 1.807) is 0 Å². The van der Waals surface area contributed by atoms with Crippen LogP contribution in [0.3, 0.4) is 0 Å². The zero-order valence-electron chi connectivity index (χ0n) is 13.3. The van der Waals surface area contributed by atoms with Crippen molar-refractivity contribution in [3.63, 3.8) is 0 Å². The van der Waals surface area contributed by atoms with Gasteiger partial charge in [-0.1, -0.05) is 41.9 Å². The maximum absolute atomic E-state index is 13.4. The molecule has 24 heavy (non-hydrogen) atoms. The fourth-order valence-corrected chi connectivity index (χ4v) is 3.33. The highest BCUT2D eigenvalue weighted by atomic mass is 35.5. The average Bonchev–Trinajstić information content (AvgIpc) is 3.00. The fourth-order valence-electron chi connectivity index (χ4n) is 3.11. The van der Waals surface area contributed by atoms with E-state index in [-0.39, 0.29) is 22.5 Å². The van der Waals surface area contributed by atoms with Gasteiger partial charge in [0.2, 0.25) is 0 Å². The highest BCUT2D eigenvalue weighted by Gasteiger charge is 2.26. The minimum Gasteiger partial charge on any atom is -0.349 e. The van der Waals surface area contributed by atoms with Crippen LogP contribution in [-0.4, -0.2) is 18.0 Å². The van der Waals surface area contributed by atoms with Crippen LogP contribution in [-0.2, 0) is 6.54 Å². The van der Waals surface area contributed by atoms with Gasteiger partial charge in [-0.25, -0.2) is 4.39 Å². The smallest absolute Gasteiger partial charge is 0.251 e. The average molecular weight is 347 g/mol. The molecule has 1 aliphatic carbocycles. The maximum Gasteiger partial charge on any atom is 0.251 e. The molecule has 2 atom stereocenters. The van der Waals surface area contributed by atoms with E-state index in [0.717, 1.165) is 25.8 Å². The number of nitrogens with one attached hydrogen (secondary N) is 2. The van der Waals surface area contributed by atoms with Gasteiger partial charge in [-0.2, -0.15) is 0 Å². The van der Waals surface area contributed by atoms with E-state index in [2.05, 4.69) is 22.8 Å². The number of rotatable bonds is 5. The van der Waals surface area contributed by atoms with Crippen LogP contribution in [0.25, 0.3) is 0 Å². The molecule has 1 aliphatic rings. The number of carbonyl (C=O) groups excluding carboxylic acids is 1. The van der Waals surface area contributed by atoms with Crippen molar-refractivity contribution < 1.29 is 9.18 Å². The standard InChI is InChI=1S/C19H20ClFN2O/c20-15-8-14(9-16(21)10-15)19(24)23-18-7-6-17(11-18)22-12-13-4-2-1-3-5-13/h1-5,8-10,17-18,22H,6-7,11-12H2,(H,23,24)/t17-,18-/m0/s1. The second kappa shape index (κ2) is 7.77. The molecule has 0 saturated heterocycles. The predicted octanol–water partition coefficient (Wildman–Crippen LogP) is 3.92. The third-order valence-corrected chi connectivity index (χ3v) is 4.55. The summed E-state index contributed by atoms with van der Waals surface area (Å²) in [5.74, 6) is -0.772. The van der Waals surface area contributed by atoms with Crippen molar-refractivity contribution >= 4 is 17.5 Å². The van der Waals surface area contributed by atoms with Crippen LogP contribution in [0.4, 0.5) is 4.39 Å². The first kappa shape index (κ1) is 16.9. The first-order chi connectivity index (χ1) is 11.6. The van der Waals surface area contributed by atoms with Gasteiger partial charge < -0.3 is 10.6 Å². The quantitative estimate of drug-likeness (QED) is 0.861. The van der Waals surface area contributed by atoms with Crippen molar-refractivity contribution in [2.24, 2.45) is 0 Å². The Hall–Kier alpha value is -1.91. The molecule has 2 N–H and O–H groups in total. The minimum atomic E-state index is -0.499. The number of benzene rings is 2. The minimum absolute atomic E-state index is 0.104. The van der Waals surface area contributed by atoms with E-state index in [1.165, 1.54) is 23.8 Å². The number of carbonyl (C=O) groups is 1. The van der Waals surface area contributed by atoms with Crippen molar-refractivity contribution in [1.29, 1.82) is 0 Å². The van der Waals surface area contributed by atoms with Gasteiger partial charge in [0.05, 0.1) is 0 Å². The lowest BCUT2D eigenvalue weighted by Gasteiger charge is -2.15. The summed E-state index contributed by atoms with van der Waals surface area (Å²) < 4.78 is 13.4. The molecule has 0 aliphatic heterocycles. The van der Waals surface area contributed by atoms with Crippen LogP contribution in [0.5, 0.6) is 0 Å². The lowest BCUT2D eigenvalue weighted by molar-refractivity contribution is 0.0937. The Labute approximate surface area is 146 Å². The summed E-state index contributed by atoms with van der Waals surface area (Å²) in [7, 11) is 0. The molecular formula is C19H20ClFN2O. The summed E-state index contributed by atoms with van der Waals surface area (Å²) in [6.07, 6.45) is 2.81. The molecule has 1 amide bonds. The largest absolute Gasteiger partial charge is 0.349 e. The molecule has 0 spiro atoms. The van der Waals surface area contributed by atoms with Crippen LogP contribution in [0.15, 0.2) is 48.5 Å². The molecule has 3 rings (SSSR count). The highest BCUT2D eigenvalue weighted by Crippen LogP contribution is 2.21. The van der Waals surface area contributed by atoms with Crippen molar-refractivity contribution in [2.45, 2.75) is 37.9 Å². The molecule has 1 fully saturated rings. The van der Waals surface area contributed by atoms with Gasteiger partial charge in [0.1, 0.15) is 5.82 Å². The normalized spacial score (nSPS) is 20.1. The van der Waals surface area contributed by atoms with Gasteiger partial charge in [-0.15, -0.1) is 0 Å². The predicted molar refractivity (Wildman–Crippen MR) is 93.6 cm³/mol. The number of hydrogen-bond donors (Lipinski definition) is 2. The molecule has 0 aromatic heterocycles. The van der Waals surface area contributed by atoms with Gasteiger partial charge in [-0.3, -0.25) is 4.79 Å². The van der Waals surface area contributed by atoms with Crippen LogP contribution < -0.4 is 10.6 Å². The number of hydrogen-bond acceptors (Lipinski definition) is 2. The SMILES string of the molecule is O=C(N[C@H]1CC[C@H](NCc2ccccc2)C1)c1cc(F)cc(Cl)c1. The lowest BCUT2D eigenvalue weighted by atomic mass is 10.1. The zero-order valence-corrected chi connectivity index (χ0v) is 14.0. The summed E-state index contributed by atoms with van der Waals surface area (Å²) in [6.45, 7) is 0.825. The van der Waals surface area contributed by atoms with Crippen molar-refractivity contribution in [3.05, 3.63) is 70.5 Å². The summed E-state index contributed by atoms with van der Waals surface area (Å²) in [6, 6.07) is 14.6. The molecule has 2 aromatic carbocycles. The van der Waals surface area contributed by atoms with Gasteiger partial charge >= 0.3 is 0 Å². The number of halogens is 2. The highest BCUT2D eigenvalue weighted by molar-refractivity contribution is 6.31. The summed E-state index contributed by atoms with van der Waals surface area (Å²) in [5.41, 5.74) is 1.51. The summed E-state index contributed by atoms with van der Waals surface area (Å²) in [4.78, 5) is 12.2.